The lowest BCUT2D eigenvalue weighted by molar-refractivity contribution is -0.133. The van der Waals surface area contributed by atoms with Gasteiger partial charge in [-0.1, -0.05) is 42.2 Å². The van der Waals surface area contributed by atoms with Crippen LogP contribution in [0.2, 0.25) is 0 Å². The second-order valence-electron chi connectivity index (χ2n) is 5.62. The highest BCUT2D eigenvalue weighted by atomic mass is 16.3. The van der Waals surface area contributed by atoms with E-state index in [-0.39, 0.29) is 5.92 Å². The molecular formula is C17H18O2. The predicted molar refractivity (Wildman–Crippen MR) is 73.3 cm³/mol. The molecule has 2 aliphatic carbocycles. The lowest BCUT2D eigenvalue weighted by atomic mass is 9.72. The monoisotopic (exact) mass is 254 g/mol. The molecular weight excluding hydrogens is 236 g/mol. The van der Waals surface area contributed by atoms with Gasteiger partial charge in [0.2, 0.25) is 0 Å². The summed E-state index contributed by atoms with van der Waals surface area (Å²) in [6, 6.07) is 9.91. The van der Waals surface area contributed by atoms with Gasteiger partial charge in [-0.25, -0.2) is 0 Å². The average Bonchev–Trinajstić information content (AvgIpc) is 2.74. The van der Waals surface area contributed by atoms with E-state index in [4.69, 9.17) is 0 Å². The lowest BCUT2D eigenvalue weighted by Crippen LogP contribution is -2.35. The predicted octanol–water partition coefficient (Wildman–Crippen LogP) is 2.21. The SMILES string of the molecule is O=C1CC2C(C#CC(O)Cc3ccccc3)CCC12. The second-order valence-corrected chi connectivity index (χ2v) is 5.62. The Balaban J connectivity index is 1.57. The van der Waals surface area contributed by atoms with Crippen molar-refractivity contribution in [2.75, 3.05) is 0 Å². The molecule has 4 atom stereocenters. The molecule has 98 valence electrons. The molecule has 3 rings (SSSR count). The van der Waals surface area contributed by atoms with Crippen molar-refractivity contribution < 1.29 is 9.90 Å². The topological polar surface area (TPSA) is 37.3 Å². The molecule has 1 N–H and O–H groups in total. The summed E-state index contributed by atoms with van der Waals surface area (Å²) >= 11 is 0. The molecule has 0 bridgehead atoms. The Labute approximate surface area is 113 Å². The number of Topliss-reactive ketones (excluding diaryl/α,β-unsaturated/α-hetero) is 1. The van der Waals surface area contributed by atoms with Crippen molar-refractivity contribution in [1.82, 2.24) is 0 Å². The molecule has 4 unspecified atom stereocenters. The van der Waals surface area contributed by atoms with Crippen LogP contribution >= 0.6 is 0 Å². The van der Waals surface area contributed by atoms with Crippen molar-refractivity contribution >= 4 is 5.78 Å². The fourth-order valence-corrected chi connectivity index (χ4v) is 3.25. The lowest BCUT2D eigenvalue weighted by Gasteiger charge is -2.30. The van der Waals surface area contributed by atoms with E-state index in [9.17, 15) is 9.90 Å². The number of carbonyl (C=O) groups excluding carboxylic acids is 1. The Morgan fingerprint density at radius 3 is 2.74 bits per heavy atom. The van der Waals surface area contributed by atoms with Crippen LogP contribution in [-0.4, -0.2) is 17.0 Å². The van der Waals surface area contributed by atoms with Gasteiger partial charge >= 0.3 is 0 Å². The number of hydrogen-bond donors (Lipinski definition) is 1. The van der Waals surface area contributed by atoms with E-state index in [2.05, 4.69) is 11.8 Å². The average molecular weight is 254 g/mol. The van der Waals surface area contributed by atoms with Crippen molar-refractivity contribution in [1.29, 1.82) is 0 Å². The summed E-state index contributed by atoms with van der Waals surface area (Å²) < 4.78 is 0. The molecule has 0 heterocycles. The number of benzene rings is 1. The normalized spacial score (nSPS) is 29.9. The molecule has 1 aromatic rings. The van der Waals surface area contributed by atoms with Gasteiger partial charge in [0.25, 0.3) is 0 Å². The van der Waals surface area contributed by atoms with Gasteiger partial charge in [-0.15, -0.1) is 0 Å². The van der Waals surface area contributed by atoms with Gasteiger partial charge in [0.1, 0.15) is 11.9 Å². The van der Waals surface area contributed by atoms with E-state index in [1.165, 1.54) is 0 Å². The smallest absolute Gasteiger partial charge is 0.136 e. The van der Waals surface area contributed by atoms with Crippen molar-refractivity contribution in [2.24, 2.45) is 17.8 Å². The van der Waals surface area contributed by atoms with Crippen LogP contribution in [0, 0.1) is 29.6 Å². The number of carbonyl (C=O) groups is 1. The Hall–Kier alpha value is -1.59. The first-order valence-corrected chi connectivity index (χ1v) is 7.00. The van der Waals surface area contributed by atoms with Gasteiger partial charge in [0.05, 0.1) is 0 Å². The van der Waals surface area contributed by atoms with Gasteiger partial charge < -0.3 is 5.11 Å². The van der Waals surface area contributed by atoms with Crippen LogP contribution in [0.5, 0.6) is 0 Å². The summed E-state index contributed by atoms with van der Waals surface area (Å²) in [6.45, 7) is 0. The number of ketones is 1. The molecule has 0 spiro atoms. The summed E-state index contributed by atoms with van der Waals surface area (Å²) in [5, 5.41) is 9.94. The highest BCUT2D eigenvalue weighted by molar-refractivity contribution is 5.88. The van der Waals surface area contributed by atoms with Crippen molar-refractivity contribution in [2.45, 2.75) is 31.8 Å². The maximum atomic E-state index is 11.3. The summed E-state index contributed by atoms with van der Waals surface area (Å²) in [5.74, 6) is 7.67. The molecule has 0 aliphatic heterocycles. The van der Waals surface area contributed by atoms with E-state index in [1.54, 1.807) is 0 Å². The first-order chi connectivity index (χ1) is 9.24. The minimum Gasteiger partial charge on any atom is -0.380 e. The third-order valence-electron chi connectivity index (χ3n) is 4.38. The Morgan fingerprint density at radius 1 is 1.26 bits per heavy atom. The van der Waals surface area contributed by atoms with Crippen molar-refractivity contribution in [3.63, 3.8) is 0 Å². The van der Waals surface area contributed by atoms with Crippen LogP contribution in [-0.2, 0) is 11.2 Å². The number of aliphatic hydroxyl groups is 1. The maximum Gasteiger partial charge on any atom is 0.136 e. The molecule has 2 fully saturated rings. The zero-order valence-electron chi connectivity index (χ0n) is 10.9. The molecule has 2 heteroatoms. The van der Waals surface area contributed by atoms with Gasteiger partial charge in [-0.3, -0.25) is 4.79 Å². The van der Waals surface area contributed by atoms with Crippen LogP contribution in [0.25, 0.3) is 0 Å². The van der Waals surface area contributed by atoms with Gasteiger partial charge in [0.15, 0.2) is 0 Å². The standard InChI is InChI=1S/C17H18O2/c18-14(10-12-4-2-1-3-5-12)8-6-13-7-9-15-16(13)11-17(15)19/h1-5,13-16,18H,7,9-11H2. The molecule has 19 heavy (non-hydrogen) atoms. The minimum absolute atomic E-state index is 0.283. The molecule has 0 radical (unpaired) electrons. The van der Waals surface area contributed by atoms with Gasteiger partial charge in [-0.2, -0.15) is 0 Å². The largest absolute Gasteiger partial charge is 0.380 e. The minimum atomic E-state index is -0.600. The first-order valence-electron chi connectivity index (χ1n) is 7.00. The molecule has 2 aliphatic rings. The molecule has 2 nitrogen and oxygen atoms in total. The highest BCUT2D eigenvalue weighted by Gasteiger charge is 2.47. The third-order valence-corrected chi connectivity index (χ3v) is 4.38. The Bertz CT molecular complexity index is 523. The maximum absolute atomic E-state index is 11.3. The molecule has 0 aromatic heterocycles. The van der Waals surface area contributed by atoms with Gasteiger partial charge in [-0.05, 0) is 24.3 Å². The van der Waals surface area contributed by atoms with E-state index in [0.29, 0.717) is 30.5 Å². The number of rotatable bonds is 2. The van der Waals surface area contributed by atoms with Crippen molar-refractivity contribution in [3.8, 4) is 11.8 Å². The Kier molecular flexibility index (Phi) is 3.40. The first kappa shape index (κ1) is 12.4. The summed E-state index contributed by atoms with van der Waals surface area (Å²) in [6.07, 6.45) is 2.70. The zero-order valence-corrected chi connectivity index (χ0v) is 10.9. The zero-order chi connectivity index (χ0) is 13.2. The van der Waals surface area contributed by atoms with Crippen LogP contribution < -0.4 is 0 Å². The second kappa shape index (κ2) is 5.19. The fraction of sp³-hybridized carbons (Fsp3) is 0.471. The van der Waals surface area contributed by atoms with Crippen molar-refractivity contribution in [3.05, 3.63) is 35.9 Å². The van der Waals surface area contributed by atoms with Crippen LogP contribution in [0.1, 0.15) is 24.8 Å². The quantitative estimate of drug-likeness (QED) is 0.822. The van der Waals surface area contributed by atoms with E-state index in [0.717, 1.165) is 18.4 Å². The summed E-state index contributed by atoms with van der Waals surface area (Å²) in [4.78, 5) is 11.3. The Morgan fingerprint density at radius 2 is 2.05 bits per heavy atom. The molecule has 2 saturated carbocycles. The van der Waals surface area contributed by atoms with Crippen LogP contribution in [0.4, 0.5) is 0 Å². The van der Waals surface area contributed by atoms with E-state index >= 15 is 0 Å². The molecule has 1 aromatic carbocycles. The molecule has 0 saturated heterocycles. The van der Waals surface area contributed by atoms with E-state index < -0.39 is 6.10 Å². The number of hydrogen-bond acceptors (Lipinski definition) is 2. The van der Waals surface area contributed by atoms with E-state index in [1.807, 2.05) is 30.3 Å². The fourth-order valence-electron chi connectivity index (χ4n) is 3.25. The molecule has 0 amide bonds. The summed E-state index contributed by atoms with van der Waals surface area (Å²) in [7, 11) is 0. The van der Waals surface area contributed by atoms with Crippen LogP contribution in [0.3, 0.4) is 0 Å². The third kappa shape index (κ3) is 2.57. The summed E-state index contributed by atoms with van der Waals surface area (Å²) in [5.41, 5.74) is 1.10. The number of aliphatic hydroxyl groups excluding tert-OH is 1. The van der Waals surface area contributed by atoms with Gasteiger partial charge in [0, 0.05) is 24.7 Å². The van der Waals surface area contributed by atoms with Crippen LogP contribution in [0.15, 0.2) is 30.3 Å². The highest BCUT2D eigenvalue weighted by Crippen LogP contribution is 2.47. The number of fused-ring (bicyclic) bond motifs is 1.